The number of hydrogen-bond acceptors (Lipinski definition) is 4. The Balaban J connectivity index is 2.45. The molecule has 0 fully saturated rings. The Labute approximate surface area is 123 Å². The molecule has 0 bridgehead atoms. The SMILES string of the molecule is CCc1nc(C)ccc1Oc1cc(OC)ccc1C(=O)O. The van der Waals surface area contributed by atoms with Gasteiger partial charge in [0, 0.05) is 11.8 Å². The van der Waals surface area contributed by atoms with Crippen LogP contribution < -0.4 is 9.47 Å². The lowest BCUT2D eigenvalue weighted by atomic mass is 10.2. The maximum Gasteiger partial charge on any atom is 0.339 e. The quantitative estimate of drug-likeness (QED) is 0.912. The molecule has 0 saturated heterocycles. The van der Waals surface area contributed by atoms with Crippen molar-refractivity contribution in [2.24, 2.45) is 0 Å². The molecule has 1 heterocycles. The fourth-order valence-corrected chi connectivity index (χ4v) is 1.95. The van der Waals surface area contributed by atoms with E-state index in [-0.39, 0.29) is 11.3 Å². The number of carboxylic acid groups (broad SMARTS) is 1. The molecule has 21 heavy (non-hydrogen) atoms. The zero-order valence-electron chi connectivity index (χ0n) is 12.2. The van der Waals surface area contributed by atoms with E-state index in [2.05, 4.69) is 4.98 Å². The minimum Gasteiger partial charge on any atom is -0.497 e. The summed E-state index contributed by atoms with van der Waals surface area (Å²) in [4.78, 5) is 15.7. The number of benzene rings is 1. The Morgan fingerprint density at radius 3 is 2.62 bits per heavy atom. The van der Waals surface area contributed by atoms with Crippen LogP contribution in [0, 0.1) is 6.92 Å². The number of carboxylic acids is 1. The Kier molecular flexibility index (Phi) is 4.42. The second kappa shape index (κ2) is 6.26. The van der Waals surface area contributed by atoms with Crippen molar-refractivity contribution in [3.05, 3.63) is 47.3 Å². The van der Waals surface area contributed by atoms with E-state index in [4.69, 9.17) is 9.47 Å². The van der Waals surface area contributed by atoms with Crippen molar-refractivity contribution in [2.45, 2.75) is 20.3 Å². The van der Waals surface area contributed by atoms with Gasteiger partial charge in [0.25, 0.3) is 0 Å². The predicted octanol–water partition coefficient (Wildman–Crippen LogP) is 3.45. The van der Waals surface area contributed by atoms with Gasteiger partial charge in [-0.3, -0.25) is 4.98 Å². The van der Waals surface area contributed by atoms with E-state index < -0.39 is 5.97 Å². The molecule has 0 unspecified atom stereocenters. The van der Waals surface area contributed by atoms with E-state index in [0.29, 0.717) is 17.9 Å². The Morgan fingerprint density at radius 2 is 2.00 bits per heavy atom. The molecule has 0 aliphatic heterocycles. The van der Waals surface area contributed by atoms with E-state index in [1.165, 1.54) is 13.2 Å². The summed E-state index contributed by atoms with van der Waals surface area (Å²) in [5, 5.41) is 9.24. The molecule has 0 saturated carbocycles. The normalized spacial score (nSPS) is 10.2. The second-order valence-corrected chi connectivity index (χ2v) is 4.52. The van der Waals surface area contributed by atoms with Crippen LogP contribution in [-0.4, -0.2) is 23.2 Å². The van der Waals surface area contributed by atoms with Crippen molar-refractivity contribution in [1.82, 2.24) is 4.98 Å². The number of ether oxygens (including phenoxy) is 2. The molecule has 5 heteroatoms. The van der Waals surface area contributed by atoms with Crippen LogP contribution in [0.15, 0.2) is 30.3 Å². The van der Waals surface area contributed by atoms with Crippen LogP contribution in [0.4, 0.5) is 0 Å². The van der Waals surface area contributed by atoms with Crippen LogP contribution in [0.1, 0.15) is 28.7 Å². The van der Waals surface area contributed by atoms with Crippen LogP contribution in [0.5, 0.6) is 17.2 Å². The molecular formula is C16H17NO4. The largest absolute Gasteiger partial charge is 0.497 e. The average Bonchev–Trinajstić information content (AvgIpc) is 2.48. The smallest absolute Gasteiger partial charge is 0.339 e. The topological polar surface area (TPSA) is 68.7 Å². The highest BCUT2D eigenvalue weighted by atomic mass is 16.5. The molecule has 0 aliphatic rings. The van der Waals surface area contributed by atoms with Crippen LogP contribution in [0.25, 0.3) is 0 Å². The van der Waals surface area contributed by atoms with E-state index in [1.54, 1.807) is 18.2 Å². The van der Waals surface area contributed by atoms with Gasteiger partial charge in [-0.15, -0.1) is 0 Å². The van der Waals surface area contributed by atoms with Gasteiger partial charge in [0.15, 0.2) is 0 Å². The first-order valence-electron chi connectivity index (χ1n) is 6.60. The molecule has 0 atom stereocenters. The molecule has 2 rings (SSSR count). The third kappa shape index (κ3) is 3.31. The molecule has 110 valence electrons. The number of methoxy groups -OCH3 is 1. The highest BCUT2D eigenvalue weighted by molar-refractivity contribution is 5.91. The molecule has 1 N–H and O–H groups in total. The van der Waals surface area contributed by atoms with Crippen molar-refractivity contribution in [1.29, 1.82) is 0 Å². The molecule has 0 amide bonds. The number of nitrogens with zero attached hydrogens (tertiary/aromatic N) is 1. The number of aryl methyl sites for hydroxylation is 2. The summed E-state index contributed by atoms with van der Waals surface area (Å²) in [6.45, 7) is 3.87. The molecule has 0 aliphatic carbocycles. The predicted molar refractivity (Wildman–Crippen MR) is 78.4 cm³/mol. The zero-order valence-corrected chi connectivity index (χ0v) is 12.2. The highest BCUT2D eigenvalue weighted by Gasteiger charge is 2.15. The maximum atomic E-state index is 11.3. The molecule has 1 aromatic heterocycles. The second-order valence-electron chi connectivity index (χ2n) is 4.52. The van der Waals surface area contributed by atoms with E-state index in [1.807, 2.05) is 19.9 Å². The summed E-state index contributed by atoms with van der Waals surface area (Å²) in [6, 6.07) is 8.23. The van der Waals surface area contributed by atoms with Gasteiger partial charge in [0.2, 0.25) is 0 Å². The van der Waals surface area contributed by atoms with Gasteiger partial charge in [-0.2, -0.15) is 0 Å². The molecule has 0 radical (unpaired) electrons. The molecule has 0 spiro atoms. The number of pyridine rings is 1. The first kappa shape index (κ1) is 14.8. The van der Waals surface area contributed by atoms with E-state index in [0.717, 1.165) is 11.4 Å². The van der Waals surface area contributed by atoms with E-state index >= 15 is 0 Å². The lowest BCUT2D eigenvalue weighted by Gasteiger charge is -2.13. The van der Waals surface area contributed by atoms with E-state index in [9.17, 15) is 9.90 Å². The summed E-state index contributed by atoms with van der Waals surface area (Å²) < 4.78 is 10.9. The van der Waals surface area contributed by atoms with Crippen molar-refractivity contribution in [3.8, 4) is 17.2 Å². The van der Waals surface area contributed by atoms with Crippen molar-refractivity contribution in [2.75, 3.05) is 7.11 Å². The maximum absolute atomic E-state index is 11.3. The fraction of sp³-hybridized carbons (Fsp3) is 0.250. The van der Waals surface area contributed by atoms with Gasteiger partial charge >= 0.3 is 5.97 Å². The summed E-state index contributed by atoms with van der Waals surface area (Å²) >= 11 is 0. The van der Waals surface area contributed by atoms with Crippen LogP contribution in [0.2, 0.25) is 0 Å². The minimum atomic E-state index is -1.05. The fourth-order valence-electron chi connectivity index (χ4n) is 1.95. The van der Waals surface area contributed by atoms with Crippen molar-refractivity contribution < 1.29 is 19.4 Å². The summed E-state index contributed by atoms with van der Waals surface area (Å²) in [5.74, 6) is 0.278. The first-order chi connectivity index (χ1) is 10.0. The molecule has 1 aromatic carbocycles. The number of aromatic nitrogens is 1. The molecule has 5 nitrogen and oxygen atoms in total. The summed E-state index contributed by atoms with van der Waals surface area (Å²) in [7, 11) is 1.52. The molecule has 2 aromatic rings. The monoisotopic (exact) mass is 287 g/mol. The Hall–Kier alpha value is -2.56. The average molecular weight is 287 g/mol. The third-order valence-electron chi connectivity index (χ3n) is 3.05. The number of aromatic carboxylic acids is 1. The van der Waals surface area contributed by atoms with Crippen LogP contribution in [0.3, 0.4) is 0 Å². The van der Waals surface area contributed by atoms with Gasteiger partial charge in [-0.1, -0.05) is 6.92 Å². The van der Waals surface area contributed by atoms with Crippen molar-refractivity contribution in [3.63, 3.8) is 0 Å². The number of carbonyl (C=O) groups is 1. The third-order valence-corrected chi connectivity index (χ3v) is 3.05. The molecular weight excluding hydrogens is 270 g/mol. The lowest BCUT2D eigenvalue weighted by Crippen LogP contribution is -2.02. The Bertz CT molecular complexity index is 667. The standard InChI is InChI=1S/C16H17NO4/c1-4-13-14(8-5-10(2)17-13)21-15-9-11(20-3)6-7-12(15)16(18)19/h5-9H,4H2,1-3H3,(H,18,19). The minimum absolute atomic E-state index is 0.0819. The van der Waals surface area contributed by atoms with Gasteiger partial charge < -0.3 is 14.6 Å². The first-order valence-corrected chi connectivity index (χ1v) is 6.60. The lowest BCUT2D eigenvalue weighted by molar-refractivity contribution is 0.0694. The summed E-state index contributed by atoms with van der Waals surface area (Å²) in [6.07, 6.45) is 0.698. The van der Waals surface area contributed by atoms with Crippen molar-refractivity contribution >= 4 is 5.97 Å². The zero-order chi connectivity index (χ0) is 15.4. The number of hydrogen-bond donors (Lipinski definition) is 1. The van der Waals surface area contributed by atoms with Gasteiger partial charge in [0.1, 0.15) is 22.8 Å². The van der Waals surface area contributed by atoms with Crippen LogP contribution in [-0.2, 0) is 6.42 Å². The Morgan fingerprint density at radius 1 is 1.24 bits per heavy atom. The number of rotatable bonds is 5. The van der Waals surface area contributed by atoms with Gasteiger partial charge in [0.05, 0.1) is 12.8 Å². The summed E-state index contributed by atoms with van der Waals surface area (Å²) in [5.41, 5.74) is 1.76. The van der Waals surface area contributed by atoms with Gasteiger partial charge in [-0.05, 0) is 37.6 Å². The van der Waals surface area contributed by atoms with Crippen LogP contribution >= 0.6 is 0 Å². The highest BCUT2D eigenvalue weighted by Crippen LogP contribution is 2.31. The van der Waals surface area contributed by atoms with Gasteiger partial charge in [-0.25, -0.2) is 4.79 Å².